The predicted molar refractivity (Wildman–Crippen MR) is 79.1 cm³/mol. The van der Waals surface area contributed by atoms with Crippen LogP contribution in [0.25, 0.3) is 10.2 Å². The lowest BCUT2D eigenvalue weighted by atomic mass is 10.3. The Balaban J connectivity index is 0.00000128. The van der Waals surface area contributed by atoms with Gasteiger partial charge in [-0.2, -0.15) is 0 Å². The Hall–Kier alpha value is -0.750. The Morgan fingerprint density at radius 2 is 2.18 bits per heavy atom. The lowest BCUT2D eigenvalue weighted by Gasteiger charge is -2.04. The third kappa shape index (κ3) is 3.89. The lowest BCUT2D eigenvalue weighted by molar-refractivity contribution is 0.871. The van der Waals surface area contributed by atoms with E-state index in [0.717, 1.165) is 29.0 Å². The highest BCUT2D eigenvalue weighted by Crippen LogP contribution is 2.16. The molecule has 0 atom stereocenters. The average molecular weight is 296 g/mol. The number of fused-ring (bicyclic) bond motifs is 1. The van der Waals surface area contributed by atoms with Crippen LogP contribution in [0.4, 0.5) is 5.82 Å². The van der Waals surface area contributed by atoms with Crippen LogP contribution in [-0.2, 0) is 0 Å². The molecule has 17 heavy (non-hydrogen) atoms. The molecule has 0 aliphatic rings. The minimum Gasteiger partial charge on any atom is -0.371 e. The zero-order chi connectivity index (χ0) is 10.7. The molecule has 4 N–H and O–H groups in total. The molecule has 4 nitrogen and oxygen atoms in total. The van der Waals surface area contributed by atoms with Crippen LogP contribution in [0, 0.1) is 0 Å². The van der Waals surface area contributed by atoms with Crippen LogP contribution in [0.2, 0.25) is 0 Å². The summed E-state index contributed by atoms with van der Waals surface area (Å²) in [4.78, 5) is 14.8. The molecule has 0 aliphatic carbocycles. The van der Waals surface area contributed by atoms with E-state index in [-0.39, 0.29) is 30.2 Å². The van der Waals surface area contributed by atoms with Gasteiger partial charge in [-0.15, -0.1) is 36.2 Å². The highest BCUT2D eigenvalue weighted by atomic mass is 35.5. The van der Waals surface area contributed by atoms with E-state index >= 15 is 0 Å². The van der Waals surface area contributed by atoms with Crippen molar-refractivity contribution in [2.75, 3.05) is 18.4 Å². The average Bonchev–Trinajstić information content (AvgIpc) is 2.66. The number of hydrogen-bond acceptors (Lipinski definition) is 4. The summed E-state index contributed by atoms with van der Waals surface area (Å²) in [6, 6.07) is 3.50. The van der Waals surface area contributed by atoms with Gasteiger partial charge in [0.25, 0.3) is 0 Å². The molecule has 0 saturated heterocycles. The van der Waals surface area contributed by atoms with E-state index in [1.54, 1.807) is 6.07 Å². The van der Waals surface area contributed by atoms with Crippen molar-refractivity contribution in [1.29, 1.82) is 0 Å². The summed E-state index contributed by atoms with van der Waals surface area (Å²) in [5, 5.41) is 5.05. The summed E-state index contributed by atoms with van der Waals surface area (Å²) < 4.78 is 0.777. The van der Waals surface area contributed by atoms with Gasteiger partial charge in [-0.05, 0) is 24.4 Å². The minimum absolute atomic E-state index is 0. The van der Waals surface area contributed by atoms with Gasteiger partial charge in [0.15, 0.2) is 0 Å². The summed E-state index contributed by atoms with van der Waals surface area (Å²) in [5.74, 6) is 0.763. The fraction of sp³-hybridized carbons (Fsp3) is 0.300. The molecule has 0 unspecified atom stereocenters. The molecular weight excluding hydrogens is 281 g/mol. The number of aromatic nitrogens is 1. The first kappa shape index (κ1) is 16.2. The van der Waals surface area contributed by atoms with Gasteiger partial charge in [0.05, 0.1) is 10.2 Å². The van der Waals surface area contributed by atoms with Gasteiger partial charge in [0, 0.05) is 12.6 Å². The number of nitrogens with one attached hydrogen (secondary N) is 2. The second-order valence-corrected chi connectivity index (χ2v) is 4.20. The minimum atomic E-state index is 0. The van der Waals surface area contributed by atoms with Crippen molar-refractivity contribution in [3.63, 3.8) is 0 Å². The van der Waals surface area contributed by atoms with Gasteiger partial charge in [-0.25, -0.2) is 0 Å². The molecule has 0 amide bonds. The zero-order valence-corrected chi connectivity index (χ0v) is 11.5. The Bertz CT molecular complexity index is 511. The fourth-order valence-corrected chi connectivity index (χ4v) is 2.16. The summed E-state index contributed by atoms with van der Waals surface area (Å²) in [7, 11) is 0. The molecule has 0 aliphatic heterocycles. The smallest absolute Gasteiger partial charge is 0.201 e. The van der Waals surface area contributed by atoms with E-state index in [1.165, 1.54) is 11.3 Å². The van der Waals surface area contributed by atoms with E-state index in [1.807, 2.05) is 11.4 Å². The van der Waals surface area contributed by atoms with Crippen LogP contribution < -0.4 is 16.5 Å². The van der Waals surface area contributed by atoms with Crippen molar-refractivity contribution in [3.05, 3.63) is 27.7 Å². The lowest BCUT2D eigenvalue weighted by Crippen LogP contribution is -2.11. The first-order valence-electron chi connectivity index (χ1n) is 4.86. The van der Waals surface area contributed by atoms with Crippen molar-refractivity contribution in [2.45, 2.75) is 6.42 Å². The number of anilines is 1. The first-order valence-corrected chi connectivity index (χ1v) is 5.73. The van der Waals surface area contributed by atoms with Gasteiger partial charge < -0.3 is 16.0 Å². The molecule has 2 aromatic heterocycles. The molecular formula is C10H15Cl2N3OS. The number of nitrogens with two attached hydrogens (primary N) is 1. The van der Waals surface area contributed by atoms with Gasteiger partial charge >= 0.3 is 0 Å². The normalized spacial score (nSPS) is 9.47. The van der Waals surface area contributed by atoms with Crippen molar-refractivity contribution in [1.82, 2.24) is 4.98 Å². The number of pyridine rings is 1. The molecule has 0 spiro atoms. The molecule has 96 valence electrons. The number of aromatic amines is 1. The number of rotatable bonds is 4. The monoisotopic (exact) mass is 295 g/mol. The van der Waals surface area contributed by atoms with Crippen LogP contribution in [-0.4, -0.2) is 18.1 Å². The van der Waals surface area contributed by atoms with E-state index < -0.39 is 0 Å². The molecule has 0 radical (unpaired) electrons. The van der Waals surface area contributed by atoms with Crippen molar-refractivity contribution >= 4 is 52.2 Å². The Morgan fingerprint density at radius 3 is 2.88 bits per heavy atom. The quantitative estimate of drug-likeness (QED) is 0.757. The van der Waals surface area contributed by atoms with Crippen LogP contribution in [0.1, 0.15) is 6.42 Å². The van der Waals surface area contributed by atoms with Gasteiger partial charge in [-0.1, -0.05) is 0 Å². The molecule has 0 bridgehead atoms. The second-order valence-electron chi connectivity index (χ2n) is 3.28. The summed E-state index contributed by atoms with van der Waals surface area (Å²) in [5.41, 5.74) is 6.34. The molecule has 2 rings (SSSR count). The highest BCUT2D eigenvalue weighted by molar-refractivity contribution is 7.17. The summed E-state index contributed by atoms with van der Waals surface area (Å²) in [6.07, 6.45) is 0.893. The molecule has 7 heteroatoms. The van der Waals surface area contributed by atoms with E-state index in [0.29, 0.717) is 6.54 Å². The fourth-order valence-electron chi connectivity index (χ4n) is 1.40. The molecule has 0 fully saturated rings. The molecule has 2 heterocycles. The SMILES string of the molecule is Cl.Cl.NCCCNc1cc(=O)c2sccc2[nH]1. The number of H-pyrrole nitrogens is 1. The maximum absolute atomic E-state index is 11.6. The summed E-state index contributed by atoms with van der Waals surface area (Å²) in [6.45, 7) is 1.43. The Morgan fingerprint density at radius 1 is 1.41 bits per heavy atom. The third-order valence-electron chi connectivity index (χ3n) is 2.13. The van der Waals surface area contributed by atoms with Crippen molar-refractivity contribution in [3.8, 4) is 0 Å². The zero-order valence-electron chi connectivity index (χ0n) is 9.06. The third-order valence-corrected chi connectivity index (χ3v) is 3.06. The van der Waals surface area contributed by atoms with Gasteiger partial charge in [-0.3, -0.25) is 4.79 Å². The topological polar surface area (TPSA) is 70.9 Å². The van der Waals surface area contributed by atoms with E-state index in [9.17, 15) is 4.79 Å². The van der Waals surface area contributed by atoms with Gasteiger partial charge in [0.1, 0.15) is 5.82 Å². The first-order chi connectivity index (χ1) is 7.31. The maximum Gasteiger partial charge on any atom is 0.201 e. The van der Waals surface area contributed by atoms with E-state index in [4.69, 9.17) is 5.73 Å². The van der Waals surface area contributed by atoms with Crippen molar-refractivity contribution in [2.24, 2.45) is 5.73 Å². The van der Waals surface area contributed by atoms with E-state index in [2.05, 4.69) is 10.3 Å². The molecule has 2 aromatic rings. The highest BCUT2D eigenvalue weighted by Gasteiger charge is 2.01. The second kappa shape index (κ2) is 7.55. The number of hydrogen-bond donors (Lipinski definition) is 3. The van der Waals surface area contributed by atoms with Crippen LogP contribution in [0.15, 0.2) is 22.3 Å². The van der Waals surface area contributed by atoms with Crippen LogP contribution in [0.3, 0.4) is 0 Å². The van der Waals surface area contributed by atoms with Gasteiger partial charge in [0.2, 0.25) is 5.43 Å². The van der Waals surface area contributed by atoms with Crippen LogP contribution >= 0.6 is 36.2 Å². The number of thiophene rings is 1. The number of halogens is 2. The molecule has 0 saturated carbocycles. The Labute approximate surface area is 115 Å². The molecule has 0 aromatic carbocycles. The largest absolute Gasteiger partial charge is 0.371 e. The predicted octanol–water partition coefficient (Wildman–Crippen LogP) is 2.19. The summed E-state index contributed by atoms with van der Waals surface area (Å²) >= 11 is 1.46. The maximum atomic E-state index is 11.6. The van der Waals surface area contributed by atoms with Crippen LogP contribution in [0.5, 0.6) is 0 Å². The van der Waals surface area contributed by atoms with Crippen molar-refractivity contribution < 1.29 is 0 Å². The Kier molecular flexibility index (Phi) is 7.22. The standard InChI is InChI=1S/C10H13N3OS.2ClH/c11-3-1-4-12-9-6-8(14)10-7(13-9)2-5-15-10;;/h2,5-6H,1,3-4,11H2,(H2,12,13,14);2*1H.